The van der Waals surface area contributed by atoms with Gasteiger partial charge in [0.1, 0.15) is 11.6 Å². The van der Waals surface area contributed by atoms with Gasteiger partial charge in [-0.15, -0.1) is 0 Å². The maximum atomic E-state index is 14.4. The molecule has 0 unspecified atom stereocenters. The molecule has 0 aliphatic heterocycles. The van der Waals surface area contributed by atoms with E-state index in [2.05, 4.69) is 0 Å². The van der Waals surface area contributed by atoms with Gasteiger partial charge in [-0.3, -0.25) is 4.31 Å². The van der Waals surface area contributed by atoms with E-state index >= 15 is 0 Å². The SMILES string of the molecule is Cc1ccccc1S(=O)(=O)N(c1ccc(F)cc1)[C@H](C)c1ccccc1F. The number of hydrogen-bond donors (Lipinski definition) is 0. The maximum Gasteiger partial charge on any atom is 0.265 e. The lowest BCUT2D eigenvalue weighted by Gasteiger charge is -2.31. The van der Waals surface area contributed by atoms with Gasteiger partial charge < -0.3 is 0 Å². The molecule has 3 aromatic carbocycles. The van der Waals surface area contributed by atoms with Crippen LogP contribution in [0.25, 0.3) is 0 Å². The van der Waals surface area contributed by atoms with Gasteiger partial charge in [0.05, 0.1) is 16.6 Å². The molecule has 0 spiro atoms. The first-order valence-corrected chi connectivity index (χ1v) is 9.86. The van der Waals surface area contributed by atoms with Gasteiger partial charge in [0.15, 0.2) is 0 Å². The van der Waals surface area contributed by atoms with Gasteiger partial charge in [0, 0.05) is 5.56 Å². The molecule has 0 aliphatic carbocycles. The summed E-state index contributed by atoms with van der Waals surface area (Å²) in [7, 11) is -4.02. The van der Waals surface area contributed by atoms with E-state index in [-0.39, 0.29) is 16.1 Å². The van der Waals surface area contributed by atoms with Crippen LogP contribution in [0.1, 0.15) is 24.1 Å². The van der Waals surface area contributed by atoms with Crippen LogP contribution in [0.4, 0.5) is 14.5 Å². The van der Waals surface area contributed by atoms with E-state index in [4.69, 9.17) is 0 Å². The largest absolute Gasteiger partial charge is 0.265 e. The molecular formula is C21H19F2NO2S. The molecule has 140 valence electrons. The standard InChI is InChI=1S/C21H19F2NO2S/c1-15-7-3-6-10-21(15)27(25,26)24(18-13-11-17(22)12-14-18)16(2)19-8-4-5-9-20(19)23/h3-14,16H,1-2H3/t16-/m1/s1. The van der Waals surface area contributed by atoms with E-state index in [0.29, 0.717) is 5.56 Å². The molecule has 3 rings (SSSR count). The molecule has 3 aromatic rings. The quantitative estimate of drug-likeness (QED) is 0.601. The molecule has 0 N–H and O–H groups in total. The van der Waals surface area contributed by atoms with Crippen molar-refractivity contribution in [3.8, 4) is 0 Å². The fourth-order valence-electron chi connectivity index (χ4n) is 3.05. The predicted molar refractivity (Wildman–Crippen MR) is 102 cm³/mol. The summed E-state index contributed by atoms with van der Waals surface area (Å²) >= 11 is 0. The summed E-state index contributed by atoms with van der Waals surface area (Å²) in [6, 6.07) is 16.9. The Morgan fingerprint density at radius 1 is 0.852 bits per heavy atom. The van der Waals surface area contributed by atoms with Gasteiger partial charge in [0.2, 0.25) is 0 Å². The Morgan fingerprint density at radius 2 is 1.44 bits per heavy atom. The number of sulfonamides is 1. The topological polar surface area (TPSA) is 37.4 Å². The van der Waals surface area contributed by atoms with Gasteiger partial charge in [-0.1, -0.05) is 36.4 Å². The van der Waals surface area contributed by atoms with E-state index in [0.717, 1.165) is 4.31 Å². The van der Waals surface area contributed by atoms with Crippen molar-refractivity contribution in [1.82, 2.24) is 0 Å². The van der Waals surface area contributed by atoms with Gasteiger partial charge in [-0.05, 0) is 55.8 Å². The molecule has 0 saturated heterocycles. The van der Waals surface area contributed by atoms with Crippen molar-refractivity contribution in [2.45, 2.75) is 24.8 Å². The lowest BCUT2D eigenvalue weighted by Crippen LogP contribution is -2.34. The van der Waals surface area contributed by atoms with Gasteiger partial charge in [-0.2, -0.15) is 0 Å². The zero-order valence-corrected chi connectivity index (χ0v) is 15.7. The van der Waals surface area contributed by atoms with Gasteiger partial charge >= 0.3 is 0 Å². The molecule has 0 amide bonds. The van der Waals surface area contributed by atoms with Crippen molar-refractivity contribution >= 4 is 15.7 Å². The summed E-state index contributed by atoms with van der Waals surface area (Å²) in [6.45, 7) is 3.31. The maximum absolute atomic E-state index is 14.4. The highest BCUT2D eigenvalue weighted by Gasteiger charge is 2.32. The van der Waals surface area contributed by atoms with Crippen molar-refractivity contribution in [3.05, 3.63) is 95.6 Å². The van der Waals surface area contributed by atoms with Gasteiger partial charge in [0.25, 0.3) is 10.0 Å². The third-order valence-corrected chi connectivity index (χ3v) is 6.48. The van der Waals surface area contributed by atoms with Crippen molar-refractivity contribution in [2.24, 2.45) is 0 Å². The second-order valence-electron chi connectivity index (χ2n) is 6.24. The minimum atomic E-state index is -4.02. The van der Waals surface area contributed by atoms with Crippen molar-refractivity contribution in [3.63, 3.8) is 0 Å². The lowest BCUT2D eigenvalue weighted by molar-refractivity contribution is 0.568. The van der Waals surface area contributed by atoms with Crippen molar-refractivity contribution < 1.29 is 17.2 Å². The number of aryl methyl sites for hydroxylation is 1. The summed E-state index contributed by atoms with van der Waals surface area (Å²) in [5.74, 6) is -0.984. The highest BCUT2D eigenvalue weighted by Crippen LogP contribution is 2.35. The van der Waals surface area contributed by atoms with Crippen LogP contribution >= 0.6 is 0 Å². The fraction of sp³-hybridized carbons (Fsp3) is 0.143. The van der Waals surface area contributed by atoms with Crippen LogP contribution in [-0.4, -0.2) is 8.42 Å². The third kappa shape index (κ3) is 3.71. The molecule has 0 heterocycles. The molecule has 27 heavy (non-hydrogen) atoms. The minimum Gasteiger partial charge on any atom is -0.259 e. The first kappa shape index (κ1) is 19.0. The molecular weight excluding hydrogens is 368 g/mol. The molecule has 6 heteroatoms. The number of hydrogen-bond acceptors (Lipinski definition) is 2. The zero-order chi connectivity index (χ0) is 19.6. The Morgan fingerprint density at radius 3 is 2.07 bits per heavy atom. The second-order valence-corrected chi connectivity index (χ2v) is 8.02. The van der Waals surface area contributed by atoms with E-state index < -0.39 is 27.7 Å². The second kappa shape index (κ2) is 7.48. The Hall–Kier alpha value is -2.73. The third-order valence-electron chi connectivity index (χ3n) is 4.42. The van der Waals surface area contributed by atoms with E-state index in [9.17, 15) is 17.2 Å². The molecule has 0 aromatic heterocycles. The number of nitrogens with zero attached hydrogens (tertiary/aromatic N) is 1. The van der Waals surface area contributed by atoms with Crippen LogP contribution in [0, 0.1) is 18.6 Å². The molecule has 0 bridgehead atoms. The van der Waals surface area contributed by atoms with Crippen LogP contribution in [0.5, 0.6) is 0 Å². The van der Waals surface area contributed by atoms with Gasteiger partial charge in [-0.25, -0.2) is 17.2 Å². The Kier molecular flexibility index (Phi) is 5.28. The highest BCUT2D eigenvalue weighted by atomic mass is 32.2. The Bertz CT molecular complexity index is 1050. The lowest BCUT2D eigenvalue weighted by atomic mass is 10.1. The van der Waals surface area contributed by atoms with Crippen molar-refractivity contribution in [2.75, 3.05) is 4.31 Å². The smallest absolute Gasteiger partial charge is 0.259 e. The highest BCUT2D eigenvalue weighted by molar-refractivity contribution is 7.92. The minimum absolute atomic E-state index is 0.123. The molecule has 0 fully saturated rings. The van der Waals surface area contributed by atoms with Crippen LogP contribution in [0.15, 0.2) is 77.7 Å². The first-order chi connectivity index (χ1) is 12.8. The number of benzene rings is 3. The molecule has 0 saturated carbocycles. The summed E-state index contributed by atoms with van der Waals surface area (Å²) in [4.78, 5) is 0.123. The summed E-state index contributed by atoms with van der Waals surface area (Å²) in [6.07, 6.45) is 0. The van der Waals surface area contributed by atoms with E-state index in [1.807, 2.05) is 0 Å². The predicted octanol–water partition coefficient (Wildman–Crippen LogP) is 5.23. The molecule has 0 radical (unpaired) electrons. The molecule has 1 atom stereocenters. The average Bonchev–Trinajstić information content (AvgIpc) is 2.64. The Balaban J connectivity index is 2.21. The van der Waals surface area contributed by atoms with Crippen molar-refractivity contribution in [1.29, 1.82) is 0 Å². The summed E-state index contributed by atoms with van der Waals surface area (Å²) in [5, 5.41) is 0. The van der Waals surface area contributed by atoms with Crippen LogP contribution in [0.3, 0.4) is 0 Å². The monoisotopic (exact) mass is 387 g/mol. The van der Waals surface area contributed by atoms with Crippen LogP contribution < -0.4 is 4.31 Å². The number of halogens is 2. The summed E-state index contributed by atoms with van der Waals surface area (Å²) in [5.41, 5.74) is 1.07. The Labute approximate surface area is 157 Å². The fourth-order valence-corrected chi connectivity index (χ4v) is 4.92. The molecule has 0 aliphatic rings. The zero-order valence-electron chi connectivity index (χ0n) is 14.9. The average molecular weight is 387 g/mol. The van der Waals surface area contributed by atoms with E-state index in [1.165, 1.54) is 36.4 Å². The number of rotatable bonds is 5. The van der Waals surface area contributed by atoms with Crippen LogP contribution in [0.2, 0.25) is 0 Å². The molecule has 3 nitrogen and oxygen atoms in total. The normalized spacial score (nSPS) is 12.6. The van der Waals surface area contributed by atoms with E-state index in [1.54, 1.807) is 50.2 Å². The first-order valence-electron chi connectivity index (χ1n) is 8.42. The van der Waals surface area contributed by atoms with Crippen LogP contribution in [-0.2, 0) is 10.0 Å². The number of anilines is 1. The summed E-state index contributed by atoms with van der Waals surface area (Å²) < 4.78 is 55.8.